The molecule has 0 radical (unpaired) electrons. The van der Waals surface area contributed by atoms with Crippen molar-refractivity contribution in [2.24, 2.45) is 10.7 Å². The zero-order valence-corrected chi connectivity index (χ0v) is 13.1. The summed E-state index contributed by atoms with van der Waals surface area (Å²) in [6.45, 7) is 2.62. The van der Waals surface area contributed by atoms with Gasteiger partial charge in [0.1, 0.15) is 0 Å². The van der Waals surface area contributed by atoms with E-state index in [0.717, 1.165) is 16.8 Å². The second kappa shape index (κ2) is 7.03. The fraction of sp³-hybridized carbons (Fsp3) is 0.158. The maximum Gasteiger partial charge on any atom is 0.0670 e. The summed E-state index contributed by atoms with van der Waals surface area (Å²) in [5, 5.41) is 6.86. The quantitative estimate of drug-likeness (QED) is 0.702. The fourth-order valence-electron chi connectivity index (χ4n) is 2.68. The van der Waals surface area contributed by atoms with Crippen LogP contribution in [-0.4, -0.2) is 23.0 Å². The third-order valence-corrected chi connectivity index (χ3v) is 3.96. The molecule has 1 atom stereocenters. The van der Waals surface area contributed by atoms with Crippen LogP contribution in [0.2, 0.25) is 0 Å². The summed E-state index contributed by atoms with van der Waals surface area (Å²) in [6.07, 6.45) is 5.44. The van der Waals surface area contributed by atoms with Gasteiger partial charge in [-0.25, -0.2) is 0 Å². The molecule has 0 aliphatic carbocycles. The van der Waals surface area contributed by atoms with Gasteiger partial charge < -0.3 is 5.73 Å². The van der Waals surface area contributed by atoms with Crippen LogP contribution >= 0.6 is 0 Å². The van der Waals surface area contributed by atoms with Crippen molar-refractivity contribution in [3.8, 4) is 11.1 Å². The standard InChI is InChI=1S/C19H20N4/c1-14(15-5-3-2-4-6-15)18-8-7-16(17-12-22-23-13-17)11-19(18)21-10-9-20/h2-8,10-14H,9,20H2,1H3,(H,22,23). The first-order valence-corrected chi connectivity index (χ1v) is 7.70. The van der Waals surface area contributed by atoms with Crippen LogP contribution in [0.15, 0.2) is 65.9 Å². The Kier molecular flexibility index (Phi) is 4.64. The van der Waals surface area contributed by atoms with E-state index in [9.17, 15) is 0 Å². The van der Waals surface area contributed by atoms with Gasteiger partial charge in [0.2, 0.25) is 0 Å². The second-order valence-electron chi connectivity index (χ2n) is 5.44. The molecule has 0 bridgehead atoms. The SMILES string of the molecule is CC(c1ccccc1)c1ccc(-c2cn[nH]c2)cc1N=CCN. The molecule has 3 N–H and O–H groups in total. The van der Waals surface area contributed by atoms with E-state index in [-0.39, 0.29) is 5.92 Å². The predicted molar refractivity (Wildman–Crippen MR) is 95.2 cm³/mol. The van der Waals surface area contributed by atoms with Crippen molar-refractivity contribution in [1.82, 2.24) is 10.2 Å². The molecule has 0 saturated carbocycles. The molecule has 0 saturated heterocycles. The number of nitrogens with two attached hydrogens (primary N) is 1. The van der Waals surface area contributed by atoms with Gasteiger partial charge in [-0.15, -0.1) is 0 Å². The van der Waals surface area contributed by atoms with E-state index >= 15 is 0 Å². The van der Waals surface area contributed by atoms with Crippen LogP contribution in [0.3, 0.4) is 0 Å². The molecular formula is C19H20N4. The van der Waals surface area contributed by atoms with Crippen molar-refractivity contribution in [3.63, 3.8) is 0 Å². The van der Waals surface area contributed by atoms with Crippen LogP contribution in [0.1, 0.15) is 24.0 Å². The van der Waals surface area contributed by atoms with E-state index in [2.05, 4.69) is 64.6 Å². The number of hydrogen-bond acceptors (Lipinski definition) is 3. The first kappa shape index (κ1) is 15.2. The number of rotatable bonds is 5. The first-order chi connectivity index (χ1) is 11.3. The van der Waals surface area contributed by atoms with Crippen molar-refractivity contribution in [3.05, 3.63) is 72.1 Å². The number of nitrogens with one attached hydrogen (secondary N) is 1. The number of aromatic nitrogens is 2. The highest BCUT2D eigenvalue weighted by atomic mass is 15.1. The molecule has 116 valence electrons. The lowest BCUT2D eigenvalue weighted by Gasteiger charge is -2.16. The number of hydrogen-bond donors (Lipinski definition) is 2. The molecule has 0 amide bonds. The Bertz CT molecular complexity index is 776. The first-order valence-electron chi connectivity index (χ1n) is 7.70. The molecule has 1 heterocycles. The fourth-order valence-corrected chi connectivity index (χ4v) is 2.68. The monoisotopic (exact) mass is 304 g/mol. The van der Waals surface area contributed by atoms with Gasteiger partial charge in [0.05, 0.1) is 11.9 Å². The molecule has 3 aromatic rings. The van der Waals surface area contributed by atoms with Gasteiger partial charge in [0, 0.05) is 30.4 Å². The smallest absolute Gasteiger partial charge is 0.0670 e. The van der Waals surface area contributed by atoms with Crippen molar-refractivity contribution >= 4 is 11.9 Å². The third-order valence-electron chi connectivity index (χ3n) is 3.96. The molecule has 4 nitrogen and oxygen atoms in total. The molecule has 2 aromatic carbocycles. The Balaban J connectivity index is 2.03. The minimum absolute atomic E-state index is 0.263. The van der Waals surface area contributed by atoms with Crippen molar-refractivity contribution in [2.45, 2.75) is 12.8 Å². The van der Waals surface area contributed by atoms with Gasteiger partial charge >= 0.3 is 0 Å². The molecule has 4 heteroatoms. The van der Waals surface area contributed by atoms with Crippen molar-refractivity contribution < 1.29 is 0 Å². The summed E-state index contributed by atoms with van der Waals surface area (Å²) >= 11 is 0. The zero-order chi connectivity index (χ0) is 16.1. The summed E-state index contributed by atoms with van der Waals surface area (Å²) < 4.78 is 0. The predicted octanol–water partition coefficient (Wildman–Crippen LogP) is 3.89. The number of aromatic amines is 1. The molecular weight excluding hydrogens is 284 g/mol. The highest BCUT2D eigenvalue weighted by Crippen LogP contribution is 2.34. The highest BCUT2D eigenvalue weighted by molar-refractivity contribution is 5.72. The molecule has 0 aliphatic rings. The number of nitrogens with zero attached hydrogens (tertiary/aromatic N) is 2. The average molecular weight is 304 g/mol. The lowest BCUT2D eigenvalue weighted by Crippen LogP contribution is -2.00. The minimum Gasteiger partial charge on any atom is -0.326 e. The molecule has 0 fully saturated rings. The van der Waals surface area contributed by atoms with Gasteiger partial charge in [-0.3, -0.25) is 10.1 Å². The summed E-state index contributed by atoms with van der Waals surface area (Å²) in [5.41, 5.74) is 11.1. The van der Waals surface area contributed by atoms with E-state index in [4.69, 9.17) is 5.73 Å². The average Bonchev–Trinajstić information content (AvgIpc) is 3.14. The molecule has 0 spiro atoms. The Labute approximate surface area is 136 Å². The topological polar surface area (TPSA) is 67.1 Å². The Morgan fingerprint density at radius 3 is 2.70 bits per heavy atom. The normalized spacial score (nSPS) is 12.6. The van der Waals surface area contributed by atoms with E-state index in [1.54, 1.807) is 6.21 Å². The third kappa shape index (κ3) is 3.38. The minimum atomic E-state index is 0.263. The maximum absolute atomic E-state index is 5.58. The molecule has 1 aromatic heterocycles. The Hall–Kier alpha value is -2.72. The van der Waals surface area contributed by atoms with E-state index in [0.29, 0.717) is 6.54 Å². The van der Waals surface area contributed by atoms with Crippen LogP contribution < -0.4 is 5.73 Å². The van der Waals surface area contributed by atoms with Crippen LogP contribution in [-0.2, 0) is 0 Å². The largest absolute Gasteiger partial charge is 0.326 e. The van der Waals surface area contributed by atoms with Crippen LogP contribution in [0.5, 0.6) is 0 Å². The zero-order valence-electron chi connectivity index (χ0n) is 13.1. The van der Waals surface area contributed by atoms with Gasteiger partial charge in [0.25, 0.3) is 0 Å². The van der Waals surface area contributed by atoms with Gasteiger partial charge in [0.15, 0.2) is 0 Å². The van der Waals surface area contributed by atoms with Gasteiger partial charge in [-0.05, 0) is 22.8 Å². The van der Waals surface area contributed by atoms with Crippen molar-refractivity contribution in [2.75, 3.05) is 6.54 Å². The maximum atomic E-state index is 5.58. The Morgan fingerprint density at radius 1 is 1.17 bits per heavy atom. The molecule has 23 heavy (non-hydrogen) atoms. The van der Waals surface area contributed by atoms with Gasteiger partial charge in [-0.2, -0.15) is 5.10 Å². The van der Waals surface area contributed by atoms with Crippen LogP contribution in [0.4, 0.5) is 5.69 Å². The van der Waals surface area contributed by atoms with Crippen LogP contribution in [0, 0.1) is 0 Å². The lowest BCUT2D eigenvalue weighted by atomic mass is 9.90. The lowest BCUT2D eigenvalue weighted by molar-refractivity contribution is 0.922. The summed E-state index contributed by atoms with van der Waals surface area (Å²) in [5.74, 6) is 0.263. The van der Waals surface area contributed by atoms with E-state index in [1.165, 1.54) is 11.1 Å². The summed E-state index contributed by atoms with van der Waals surface area (Å²) in [4.78, 5) is 4.56. The molecule has 3 rings (SSSR count). The highest BCUT2D eigenvalue weighted by Gasteiger charge is 2.13. The van der Waals surface area contributed by atoms with Crippen LogP contribution in [0.25, 0.3) is 11.1 Å². The second-order valence-corrected chi connectivity index (χ2v) is 5.44. The van der Waals surface area contributed by atoms with Gasteiger partial charge in [-0.1, -0.05) is 49.4 Å². The number of benzene rings is 2. The summed E-state index contributed by atoms with van der Waals surface area (Å²) in [6, 6.07) is 16.8. The van der Waals surface area contributed by atoms with E-state index in [1.807, 2.05) is 18.5 Å². The Morgan fingerprint density at radius 2 is 2.00 bits per heavy atom. The number of H-pyrrole nitrogens is 1. The van der Waals surface area contributed by atoms with Crippen molar-refractivity contribution in [1.29, 1.82) is 0 Å². The summed E-state index contributed by atoms with van der Waals surface area (Å²) in [7, 11) is 0. The van der Waals surface area contributed by atoms with E-state index < -0.39 is 0 Å². The molecule has 1 unspecified atom stereocenters. The molecule has 0 aliphatic heterocycles. The number of aliphatic imine (C=N–C) groups is 1.